The summed E-state index contributed by atoms with van der Waals surface area (Å²) in [4.78, 5) is 39.4. The van der Waals surface area contributed by atoms with Gasteiger partial charge in [0.15, 0.2) is 5.96 Å². The lowest BCUT2D eigenvalue weighted by molar-refractivity contribution is -0.144. The molecule has 0 rings (SSSR count). The molecule has 0 radical (unpaired) electrons. The van der Waals surface area contributed by atoms with Crippen molar-refractivity contribution in [1.82, 2.24) is 5.32 Å². The summed E-state index contributed by atoms with van der Waals surface area (Å²) in [6.45, 7) is 1.90. The van der Waals surface area contributed by atoms with Gasteiger partial charge >= 0.3 is 23.9 Å². The van der Waals surface area contributed by atoms with Crippen LogP contribution in [0.15, 0.2) is 0 Å². The third-order valence-corrected chi connectivity index (χ3v) is 2.43. The van der Waals surface area contributed by atoms with Crippen LogP contribution in [0.4, 0.5) is 0 Å². The lowest BCUT2D eigenvalue weighted by atomic mass is 10.2. The maximum Gasteiger partial charge on any atom is 0.321 e. The number of guanidine groups is 1. The Morgan fingerprint density at radius 1 is 0.926 bits per heavy atom. The zero-order chi connectivity index (χ0) is 22.2. The molecule has 0 aliphatic rings. The van der Waals surface area contributed by atoms with Gasteiger partial charge in [0, 0.05) is 6.54 Å². The average Bonchev–Trinajstić information content (AvgIpc) is 2.51. The average molecular weight is 396 g/mol. The van der Waals surface area contributed by atoms with E-state index in [0.717, 1.165) is 0 Å². The zero-order valence-corrected chi connectivity index (χ0v) is 14.8. The van der Waals surface area contributed by atoms with Gasteiger partial charge in [-0.1, -0.05) is 0 Å². The number of rotatable bonds is 9. The van der Waals surface area contributed by atoms with Crippen molar-refractivity contribution in [3.8, 4) is 0 Å². The van der Waals surface area contributed by atoms with Gasteiger partial charge in [-0.2, -0.15) is 0 Å². The maximum absolute atomic E-state index is 10.2. The Morgan fingerprint density at radius 2 is 1.33 bits per heavy atom. The Balaban J connectivity index is -0.000000340. The summed E-state index contributed by atoms with van der Waals surface area (Å²) in [6.07, 6.45) is 0.442. The number of nitrogens with two attached hydrogens (primary N) is 4. The van der Waals surface area contributed by atoms with Crippen LogP contribution in [-0.2, 0) is 19.2 Å². The molecule has 0 amide bonds. The van der Waals surface area contributed by atoms with Crippen molar-refractivity contribution in [1.29, 1.82) is 5.41 Å². The number of hydrogen-bond donors (Lipinski definition) is 10. The second kappa shape index (κ2) is 16.5. The van der Waals surface area contributed by atoms with Crippen molar-refractivity contribution < 1.29 is 39.6 Å². The molecular formula is C13H28N6O8. The molecule has 0 unspecified atom stereocenters. The summed E-state index contributed by atoms with van der Waals surface area (Å²) in [7, 11) is 0. The summed E-state index contributed by atoms with van der Waals surface area (Å²) >= 11 is 0. The van der Waals surface area contributed by atoms with Gasteiger partial charge in [-0.25, -0.2) is 0 Å². The highest BCUT2D eigenvalue weighted by atomic mass is 16.4. The smallest absolute Gasteiger partial charge is 0.321 e. The molecule has 27 heavy (non-hydrogen) atoms. The molecule has 14 N–H and O–H groups in total. The van der Waals surface area contributed by atoms with Crippen molar-refractivity contribution in [3.05, 3.63) is 0 Å². The fourth-order valence-electron chi connectivity index (χ4n) is 0.944. The van der Waals surface area contributed by atoms with Crippen LogP contribution in [0.5, 0.6) is 0 Å². The fourth-order valence-corrected chi connectivity index (χ4v) is 0.944. The second-order valence-corrected chi connectivity index (χ2v) is 5.10. The lowest BCUT2D eigenvalue weighted by Crippen LogP contribution is -2.34. The van der Waals surface area contributed by atoms with Crippen LogP contribution in [0.3, 0.4) is 0 Å². The third kappa shape index (κ3) is 25.4. The first-order chi connectivity index (χ1) is 12.2. The molecule has 0 aliphatic carbocycles. The summed E-state index contributed by atoms with van der Waals surface area (Å²) in [5.41, 5.74) is 19.9. The Bertz CT molecular complexity index is 499. The van der Waals surface area contributed by atoms with Crippen molar-refractivity contribution >= 4 is 29.8 Å². The third-order valence-electron chi connectivity index (χ3n) is 2.43. The largest absolute Gasteiger partial charge is 0.481 e. The molecular weight excluding hydrogens is 368 g/mol. The van der Waals surface area contributed by atoms with Crippen LogP contribution >= 0.6 is 0 Å². The summed E-state index contributed by atoms with van der Waals surface area (Å²) in [6, 6.07) is -2.84. The van der Waals surface area contributed by atoms with E-state index in [1.807, 2.05) is 0 Å². The molecule has 0 aromatic rings. The number of nitrogens with one attached hydrogen (secondary N) is 2. The summed E-state index contributed by atoms with van der Waals surface area (Å²) in [5.74, 6) is -4.57. The first kappa shape index (κ1) is 28.8. The lowest BCUT2D eigenvalue weighted by Gasteiger charge is -2.06. The van der Waals surface area contributed by atoms with E-state index in [2.05, 4.69) is 5.32 Å². The van der Waals surface area contributed by atoms with Crippen molar-refractivity contribution in [3.63, 3.8) is 0 Å². The molecule has 0 aromatic carbocycles. The quantitative estimate of drug-likeness (QED) is 0.105. The Labute approximate surface area is 155 Å². The zero-order valence-electron chi connectivity index (χ0n) is 14.8. The molecule has 0 saturated heterocycles. The molecule has 0 aromatic heterocycles. The molecule has 3 atom stereocenters. The van der Waals surface area contributed by atoms with E-state index in [0.29, 0.717) is 19.4 Å². The van der Waals surface area contributed by atoms with Crippen LogP contribution < -0.4 is 28.3 Å². The number of carboxylic acid groups (broad SMARTS) is 4. The minimum atomic E-state index is -1.29. The highest BCUT2D eigenvalue weighted by Crippen LogP contribution is 1.92. The molecule has 0 fully saturated rings. The van der Waals surface area contributed by atoms with Gasteiger partial charge in [0.1, 0.15) is 18.1 Å². The highest BCUT2D eigenvalue weighted by molar-refractivity contribution is 5.80. The maximum atomic E-state index is 10.2. The number of aliphatic carboxylic acids is 4. The van der Waals surface area contributed by atoms with Gasteiger partial charge in [-0.05, 0) is 19.8 Å². The van der Waals surface area contributed by atoms with Crippen LogP contribution in [0, 0.1) is 5.41 Å². The van der Waals surface area contributed by atoms with Crippen molar-refractivity contribution in [2.24, 2.45) is 22.9 Å². The van der Waals surface area contributed by atoms with E-state index < -0.39 is 48.4 Å². The van der Waals surface area contributed by atoms with E-state index in [4.69, 9.17) is 48.8 Å². The molecule has 0 bridgehead atoms. The first-order valence-corrected chi connectivity index (χ1v) is 7.47. The van der Waals surface area contributed by atoms with E-state index in [1.165, 1.54) is 6.92 Å². The molecule has 0 spiro atoms. The molecule has 0 aliphatic heterocycles. The minimum Gasteiger partial charge on any atom is -0.481 e. The Hall–Kier alpha value is -2.97. The normalized spacial score (nSPS) is 12.6. The predicted octanol–water partition coefficient (Wildman–Crippen LogP) is -3.05. The predicted molar refractivity (Wildman–Crippen MR) is 93.9 cm³/mol. The van der Waals surface area contributed by atoms with Gasteiger partial charge in [0.05, 0.1) is 6.42 Å². The highest BCUT2D eigenvalue weighted by Gasteiger charge is 2.14. The van der Waals surface area contributed by atoms with E-state index in [9.17, 15) is 19.2 Å². The van der Waals surface area contributed by atoms with E-state index in [-0.39, 0.29) is 5.96 Å². The van der Waals surface area contributed by atoms with Gasteiger partial charge < -0.3 is 48.7 Å². The number of carbonyl (C=O) groups is 4. The van der Waals surface area contributed by atoms with Gasteiger partial charge in [-0.3, -0.25) is 24.6 Å². The summed E-state index contributed by atoms with van der Waals surface area (Å²) in [5, 5.41) is 41.6. The van der Waals surface area contributed by atoms with Gasteiger partial charge in [0.2, 0.25) is 0 Å². The first-order valence-electron chi connectivity index (χ1n) is 7.47. The van der Waals surface area contributed by atoms with Crippen molar-refractivity contribution in [2.75, 3.05) is 6.54 Å². The van der Waals surface area contributed by atoms with E-state index in [1.54, 1.807) is 0 Å². The van der Waals surface area contributed by atoms with Crippen LogP contribution in [0.1, 0.15) is 26.2 Å². The van der Waals surface area contributed by atoms with E-state index >= 15 is 0 Å². The Kier molecular flexibility index (Phi) is 17.6. The number of carboxylic acids is 4. The Morgan fingerprint density at radius 3 is 1.56 bits per heavy atom. The van der Waals surface area contributed by atoms with Gasteiger partial charge in [-0.15, -0.1) is 0 Å². The van der Waals surface area contributed by atoms with Gasteiger partial charge in [0.25, 0.3) is 0 Å². The summed E-state index contributed by atoms with van der Waals surface area (Å²) < 4.78 is 0. The van der Waals surface area contributed by atoms with Crippen LogP contribution in [0.2, 0.25) is 0 Å². The molecule has 158 valence electrons. The van der Waals surface area contributed by atoms with Crippen molar-refractivity contribution in [2.45, 2.75) is 44.3 Å². The molecule has 14 heteroatoms. The monoisotopic (exact) mass is 396 g/mol. The SMILES string of the molecule is C[C@H](N)C(=O)O.N=C(N)NCCC[C@H](N)C(=O)O.N[C@@H](CC(=O)O)C(=O)O. The molecule has 0 saturated carbocycles. The molecule has 14 nitrogen and oxygen atoms in total. The number of hydrogen-bond acceptors (Lipinski definition) is 8. The topological polar surface area (TPSA) is 289 Å². The fraction of sp³-hybridized carbons (Fsp3) is 0.615. The standard InChI is InChI=1S/C6H14N4O2.C4H7NO4.C3H7NO2/c7-4(5(11)12)2-1-3-10-6(8)9;5-2(4(8)9)1-3(6)7;1-2(4)3(5)6/h4H,1-3,7H2,(H,11,12)(H4,8,9,10);2H,1,5H2,(H,6,7)(H,8,9);2H,4H2,1H3,(H,5,6)/t4-;2*2-/m000/s1. The second-order valence-electron chi connectivity index (χ2n) is 5.10. The molecule has 0 heterocycles. The van der Waals surface area contributed by atoms with Crippen LogP contribution in [0.25, 0.3) is 0 Å². The van der Waals surface area contributed by atoms with Crippen LogP contribution in [-0.4, -0.2) is 74.9 Å². The minimum absolute atomic E-state index is 0.112.